The average molecular weight is 481 g/mol. The molecule has 1 saturated carbocycles. The van der Waals surface area contributed by atoms with Crippen molar-refractivity contribution in [1.29, 1.82) is 5.41 Å². The lowest BCUT2D eigenvalue weighted by Crippen LogP contribution is -2.42. The first-order chi connectivity index (χ1) is 16.4. The van der Waals surface area contributed by atoms with Crippen molar-refractivity contribution < 1.29 is 18.7 Å². The van der Waals surface area contributed by atoms with Crippen LogP contribution in [0.2, 0.25) is 0 Å². The molecule has 2 aliphatic rings. The van der Waals surface area contributed by atoms with Crippen LogP contribution in [0.3, 0.4) is 0 Å². The molecule has 2 aromatic carbocycles. The van der Waals surface area contributed by atoms with Crippen LogP contribution >= 0.6 is 0 Å². The maximum atomic E-state index is 15.6. The Bertz CT molecular complexity index is 1180. The minimum atomic E-state index is -0.763. The maximum absolute atomic E-state index is 15.6. The molecule has 6 heteroatoms. The quantitative estimate of drug-likeness (QED) is 0.435. The number of ketones is 1. The highest BCUT2D eigenvalue weighted by Gasteiger charge is 2.45. The zero-order valence-electron chi connectivity index (χ0n) is 22.0. The first-order valence-corrected chi connectivity index (χ1v) is 12.6. The fourth-order valence-corrected chi connectivity index (χ4v) is 4.83. The zero-order valence-corrected chi connectivity index (χ0v) is 22.0. The SMILES string of the molecule is CCOc1cc2c(c(F)c1OCC)C(=N)N(CC(=O)c1cc(C3CC3)cc(C(C)(C)C)c1)C2(C)C. The smallest absolute Gasteiger partial charge is 0.197 e. The lowest BCUT2D eigenvalue weighted by Gasteiger charge is -2.33. The van der Waals surface area contributed by atoms with E-state index in [0.717, 1.165) is 18.4 Å². The first-order valence-electron chi connectivity index (χ1n) is 12.6. The highest BCUT2D eigenvalue weighted by molar-refractivity contribution is 6.07. The fourth-order valence-electron chi connectivity index (χ4n) is 4.83. The number of nitrogens with zero attached hydrogens (tertiary/aromatic N) is 1. The van der Waals surface area contributed by atoms with E-state index < -0.39 is 11.4 Å². The number of ether oxygens (including phenoxy) is 2. The second kappa shape index (κ2) is 8.96. The number of carbonyl (C=O) groups excluding carboxylic acids is 1. The van der Waals surface area contributed by atoms with Gasteiger partial charge < -0.3 is 14.4 Å². The third-order valence-electron chi connectivity index (χ3n) is 7.11. The van der Waals surface area contributed by atoms with E-state index in [-0.39, 0.29) is 41.5 Å². The molecular formula is C29H37FN2O3. The Balaban J connectivity index is 1.71. The molecule has 1 heterocycles. The van der Waals surface area contributed by atoms with Crippen LogP contribution < -0.4 is 9.47 Å². The molecule has 4 rings (SSSR count). The number of rotatable bonds is 8. The Morgan fingerprint density at radius 1 is 1.11 bits per heavy atom. The zero-order chi connectivity index (χ0) is 25.7. The molecule has 2 aromatic rings. The van der Waals surface area contributed by atoms with Gasteiger partial charge in [-0.25, -0.2) is 4.39 Å². The number of halogens is 1. The van der Waals surface area contributed by atoms with Crippen LogP contribution in [0.25, 0.3) is 0 Å². The Morgan fingerprint density at radius 3 is 2.34 bits per heavy atom. The molecule has 1 aliphatic carbocycles. The van der Waals surface area contributed by atoms with Crippen LogP contribution in [-0.4, -0.2) is 36.3 Å². The van der Waals surface area contributed by atoms with E-state index in [1.54, 1.807) is 17.9 Å². The molecule has 0 saturated heterocycles. The van der Waals surface area contributed by atoms with Gasteiger partial charge in [0, 0.05) is 5.56 Å². The third kappa shape index (κ3) is 4.55. The van der Waals surface area contributed by atoms with Gasteiger partial charge in [-0.2, -0.15) is 0 Å². The molecule has 35 heavy (non-hydrogen) atoms. The van der Waals surface area contributed by atoms with Gasteiger partial charge in [0.25, 0.3) is 0 Å². The summed E-state index contributed by atoms with van der Waals surface area (Å²) < 4.78 is 26.9. The van der Waals surface area contributed by atoms with Crippen molar-refractivity contribution in [3.05, 3.63) is 57.9 Å². The molecule has 0 atom stereocenters. The summed E-state index contributed by atoms with van der Waals surface area (Å²) in [7, 11) is 0. The van der Waals surface area contributed by atoms with Crippen molar-refractivity contribution in [3.63, 3.8) is 0 Å². The fraction of sp³-hybridized carbons (Fsp3) is 0.517. The normalized spacial score (nSPS) is 16.9. The molecule has 0 radical (unpaired) electrons. The van der Waals surface area contributed by atoms with Crippen molar-refractivity contribution in [2.45, 2.75) is 78.2 Å². The van der Waals surface area contributed by atoms with Crippen LogP contribution in [0.5, 0.6) is 11.5 Å². The molecule has 1 fully saturated rings. The molecule has 188 valence electrons. The van der Waals surface area contributed by atoms with Crippen LogP contribution in [0, 0.1) is 11.2 Å². The molecule has 0 spiro atoms. The van der Waals surface area contributed by atoms with Crippen LogP contribution in [-0.2, 0) is 11.0 Å². The van der Waals surface area contributed by atoms with E-state index in [9.17, 15) is 4.79 Å². The topological polar surface area (TPSA) is 62.6 Å². The second-order valence-corrected chi connectivity index (χ2v) is 11.1. The van der Waals surface area contributed by atoms with Gasteiger partial charge in [-0.3, -0.25) is 10.2 Å². The Labute approximate surface area is 208 Å². The maximum Gasteiger partial charge on any atom is 0.197 e. The third-order valence-corrected chi connectivity index (χ3v) is 7.11. The standard InChI is InChI=1S/C29H37FN2O3/c1-8-34-23-15-21-24(25(30)26(23)35-9-2)27(31)32(29(21,6)7)16-22(33)19-12-18(17-10-11-17)13-20(14-19)28(3,4)5/h12-15,17,31H,8-11,16H2,1-7H3. The summed E-state index contributed by atoms with van der Waals surface area (Å²) >= 11 is 0. The van der Waals surface area contributed by atoms with Gasteiger partial charge in [-0.1, -0.05) is 26.8 Å². The average Bonchev–Trinajstić information content (AvgIpc) is 3.61. The van der Waals surface area contributed by atoms with E-state index in [1.165, 1.54) is 5.56 Å². The van der Waals surface area contributed by atoms with Crippen molar-refractivity contribution in [3.8, 4) is 11.5 Å². The van der Waals surface area contributed by atoms with E-state index in [4.69, 9.17) is 14.9 Å². The van der Waals surface area contributed by atoms with E-state index in [1.807, 2.05) is 32.9 Å². The highest BCUT2D eigenvalue weighted by Crippen LogP contribution is 2.46. The number of Topliss-reactive ketones (excluding diaryl/α,β-unsaturated/α-hetero) is 1. The predicted molar refractivity (Wildman–Crippen MR) is 137 cm³/mol. The van der Waals surface area contributed by atoms with Gasteiger partial charge in [-0.15, -0.1) is 0 Å². The van der Waals surface area contributed by atoms with E-state index in [2.05, 4.69) is 26.8 Å². The van der Waals surface area contributed by atoms with Crippen molar-refractivity contribution in [2.24, 2.45) is 0 Å². The number of hydrogen-bond acceptors (Lipinski definition) is 4. The summed E-state index contributed by atoms with van der Waals surface area (Å²) in [4.78, 5) is 15.3. The van der Waals surface area contributed by atoms with Crippen molar-refractivity contribution in [2.75, 3.05) is 19.8 Å². The number of benzene rings is 2. The summed E-state index contributed by atoms with van der Waals surface area (Å²) in [5.41, 5.74) is 2.97. The van der Waals surface area contributed by atoms with Gasteiger partial charge >= 0.3 is 0 Å². The number of nitrogens with one attached hydrogen (secondary N) is 1. The Hall–Kier alpha value is -2.89. The first kappa shape index (κ1) is 25.2. The van der Waals surface area contributed by atoms with Crippen molar-refractivity contribution >= 4 is 11.6 Å². The minimum Gasteiger partial charge on any atom is -0.490 e. The van der Waals surface area contributed by atoms with E-state index in [0.29, 0.717) is 29.4 Å². The van der Waals surface area contributed by atoms with Gasteiger partial charge in [0.15, 0.2) is 23.1 Å². The number of amidine groups is 1. The monoisotopic (exact) mass is 480 g/mol. The molecule has 0 amide bonds. The molecule has 1 aliphatic heterocycles. The predicted octanol–water partition coefficient (Wildman–Crippen LogP) is 6.56. The molecule has 0 unspecified atom stereocenters. The summed E-state index contributed by atoms with van der Waals surface area (Å²) in [6.45, 7) is 14.5. The molecule has 0 bridgehead atoms. The van der Waals surface area contributed by atoms with Gasteiger partial charge in [-0.05, 0) is 86.8 Å². The van der Waals surface area contributed by atoms with Crippen molar-refractivity contribution in [1.82, 2.24) is 4.90 Å². The summed E-state index contributed by atoms with van der Waals surface area (Å²) in [6, 6.07) is 7.98. The summed E-state index contributed by atoms with van der Waals surface area (Å²) in [5.74, 6) is 0.193. The number of carbonyl (C=O) groups is 1. The molecule has 1 N–H and O–H groups in total. The second-order valence-electron chi connectivity index (χ2n) is 11.1. The number of hydrogen-bond donors (Lipinski definition) is 1. The Morgan fingerprint density at radius 2 is 1.77 bits per heavy atom. The Kier molecular flexibility index (Phi) is 6.45. The summed E-state index contributed by atoms with van der Waals surface area (Å²) in [5, 5.41) is 8.84. The van der Waals surface area contributed by atoms with Crippen LogP contribution in [0.15, 0.2) is 24.3 Å². The van der Waals surface area contributed by atoms with E-state index >= 15 is 4.39 Å². The van der Waals surface area contributed by atoms with Crippen LogP contribution in [0.1, 0.15) is 99.8 Å². The summed E-state index contributed by atoms with van der Waals surface area (Å²) in [6.07, 6.45) is 2.31. The van der Waals surface area contributed by atoms with Crippen LogP contribution in [0.4, 0.5) is 4.39 Å². The van der Waals surface area contributed by atoms with Gasteiger partial charge in [0.1, 0.15) is 5.84 Å². The van der Waals surface area contributed by atoms with Gasteiger partial charge in [0.05, 0.1) is 30.9 Å². The lowest BCUT2D eigenvalue weighted by atomic mass is 9.84. The van der Waals surface area contributed by atoms with Gasteiger partial charge in [0.2, 0.25) is 0 Å². The molecule has 5 nitrogen and oxygen atoms in total. The highest BCUT2D eigenvalue weighted by atomic mass is 19.1. The molecule has 0 aromatic heterocycles. The number of fused-ring (bicyclic) bond motifs is 1. The molecular weight excluding hydrogens is 443 g/mol. The minimum absolute atomic E-state index is 0.00533. The largest absolute Gasteiger partial charge is 0.490 e. The lowest BCUT2D eigenvalue weighted by molar-refractivity contribution is 0.0920.